The molecule has 7 atom stereocenters. The van der Waals surface area contributed by atoms with E-state index >= 15 is 0 Å². The van der Waals surface area contributed by atoms with Gasteiger partial charge in [0.15, 0.2) is 0 Å². The summed E-state index contributed by atoms with van der Waals surface area (Å²) in [5.41, 5.74) is 3.09. The lowest BCUT2D eigenvalue weighted by atomic mass is 9.46. The maximum atomic E-state index is 11.6. The molecule has 30 heavy (non-hydrogen) atoms. The first kappa shape index (κ1) is 21.9. The molecule has 1 N–H and O–H groups in total. The van der Waals surface area contributed by atoms with Crippen molar-refractivity contribution in [2.24, 2.45) is 34.5 Å². The van der Waals surface area contributed by atoms with Crippen LogP contribution in [0, 0.1) is 34.5 Å². The van der Waals surface area contributed by atoms with E-state index in [-0.39, 0.29) is 22.7 Å². The zero-order valence-electron chi connectivity index (χ0n) is 19.5. The number of methoxy groups -OCH3 is 1. The first-order valence-electron chi connectivity index (χ1n) is 12.1. The number of hydrogen-bond donors (Lipinski definition) is 1. The molecule has 4 aliphatic carbocycles. The number of carbonyl (C=O) groups excluding carboxylic acids is 1. The monoisotopic (exact) mass is 412 g/mol. The van der Waals surface area contributed by atoms with E-state index in [2.05, 4.69) is 39.8 Å². The minimum absolute atomic E-state index is 0.238. The Hall–Kier alpha value is -1.35. The van der Waals surface area contributed by atoms with Gasteiger partial charge < -0.3 is 9.84 Å². The van der Waals surface area contributed by atoms with Crippen LogP contribution in [0.25, 0.3) is 0 Å². The summed E-state index contributed by atoms with van der Waals surface area (Å²) in [7, 11) is 1.43. The molecular formula is C27H40O3. The maximum Gasteiger partial charge on any atom is 0.330 e. The Balaban J connectivity index is 1.56. The van der Waals surface area contributed by atoms with E-state index in [1.807, 2.05) is 6.08 Å². The van der Waals surface area contributed by atoms with E-state index in [0.29, 0.717) is 5.92 Å². The third-order valence-corrected chi connectivity index (χ3v) is 9.77. The quantitative estimate of drug-likeness (QED) is 0.350. The zero-order valence-corrected chi connectivity index (χ0v) is 19.5. The van der Waals surface area contributed by atoms with Gasteiger partial charge in [0, 0.05) is 6.08 Å². The number of rotatable bonds is 4. The van der Waals surface area contributed by atoms with Crippen LogP contribution in [0.15, 0.2) is 35.5 Å². The SMILES string of the molecule is CC[C@]1(O)CC[C@@]2(C)C(=CC[C@@H]3[C@@H]2CC[C@]2(C)C([C@H](C)/C=C/C(=O)OC)=CC[C@@H]32)C1. The Morgan fingerprint density at radius 1 is 1.20 bits per heavy atom. The smallest absolute Gasteiger partial charge is 0.330 e. The number of ether oxygens (including phenoxy) is 1. The van der Waals surface area contributed by atoms with Crippen LogP contribution in [0.5, 0.6) is 0 Å². The van der Waals surface area contributed by atoms with Gasteiger partial charge in [-0.2, -0.15) is 0 Å². The predicted octanol–water partition coefficient (Wildman–Crippen LogP) is 5.99. The van der Waals surface area contributed by atoms with Crippen LogP contribution in [0.1, 0.15) is 79.1 Å². The van der Waals surface area contributed by atoms with Crippen molar-refractivity contribution < 1.29 is 14.6 Å². The average molecular weight is 413 g/mol. The molecule has 0 aliphatic heterocycles. The third kappa shape index (κ3) is 3.32. The van der Waals surface area contributed by atoms with Gasteiger partial charge in [0.25, 0.3) is 0 Å². The van der Waals surface area contributed by atoms with Crippen LogP contribution in [-0.2, 0) is 9.53 Å². The largest absolute Gasteiger partial charge is 0.466 e. The Morgan fingerprint density at radius 2 is 1.97 bits per heavy atom. The van der Waals surface area contributed by atoms with Crippen LogP contribution in [-0.4, -0.2) is 23.8 Å². The number of fused-ring (bicyclic) bond motifs is 5. The molecule has 3 heteroatoms. The van der Waals surface area contributed by atoms with Gasteiger partial charge in [-0.1, -0.05) is 57.1 Å². The minimum Gasteiger partial charge on any atom is -0.466 e. The molecule has 0 saturated heterocycles. The number of esters is 1. The summed E-state index contributed by atoms with van der Waals surface area (Å²) >= 11 is 0. The molecule has 0 unspecified atom stereocenters. The maximum absolute atomic E-state index is 11.6. The normalized spacial score (nSPS) is 43.9. The molecule has 2 fully saturated rings. The molecule has 0 aromatic rings. The second-order valence-electron chi connectivity index (χ2n) is 11.0. The molecule has 0 aromatic heterocycles. The fourth-order valence-electron chi connectivity index (χ4n) is 7.72. The van der Waals surface area contributed by atoms with Crippen molar-refractivity contribution in [2.75, 3.05) is 7.11 Å². The van der Waals surface area contributed by atoms with Crippen LogP contribution in [0.2, 0.25) is 0 Å². The number of allylic oxidation sites excluding steroid dienone is 4. The fraction of sp³-hybridized carbons (Fsp3) is 0.741. The zero-order chi connectivity index (χ0) is 21.7. The van der Waals surface area contributed by atoms with Crippen molar-refractivity contribution in [3.63, 3.8) is 0 Å². The molecule has 0 amide bonds. The number of carbonyl (C=O) groups is 1. The molecule has 0 heterocycles. The van der Waals surface area contributed by atoms with Crippen molar-refractivity contribution >= 4 is 5.97 Å². The Morgan fingerprint density at radius 3 is 2.67 bits per heavy atom. The lowest BCUT2D eigenvalue weighted by Crippen LogP contribution is -2.51. The van der Waals surface area contributed by atoms with Gasteiger partial charge >= 0.3 is 5.97 Å². The molecule has 0 aromatic carbocycles. The molecular weight excluding hydrogens is 372 g/mol. The van der Waals surface area contributed by atoms with E-state index in [1.54, 1.807) is 11.6 Å². The lowest BCUT2D eigenvalue weighted by molar-refractivity contribution is -0.134. The van der Waals surface area contributed by atoms with E-state index in [9.17, 15) is 9.90 Å². The molecule has 4 aliphatic rings. The van der Waals surface area contributed by atoms with Crippen molar-refractivity contribution in [1.82, 2.24) is 0 Å². The summed E-state index contributed by atoms with van der Waals surface area (Å²) in [5.74, 6) is 2.17. The summed E-state index contributed by atoms with van der Waals surface area (Å²) in [6.45, 7) is 9.33. The topological polar surface area (TPSA) is 46.5 Å². The average Bonchev–Trinajstić information content (AvgIpc) is 3.09. The predicted molar refractivity (Wildman–Crippen MR) is 121 cm³/mol. The van der Waals surface area contributed by atoms with Gasteiger partial charge in [0.05, 0.1) is 12.7 Å². The fourth-order valence-corrected chi connectivity index (χ4v) is 7.72. The second kappa shape index (κ2) is 7.65. The summed E-state index contributed by atoms with van der Waals surface area (Å²) in [6, 6.07) is 0. The van der Waals surface area contributed by atoms with Crippen LogP contribution >= 0.6 is 0 Å². The highest BCUT2D eigenvalue weighted by molar-refractivity contribution is 5.81. The first-order chi connectivity index (χ1) is 14.2. The van der Waals surface area contributed by atoms with E-state index in [4.69, 9.17) is 4.74 Å². The van der Waals surface area contributed by atoms with Crippen LogP contribution < -0.4 is 0 Å². The molecule has 166 valence electrons. The molecule has 3 nitrogen and oxygen atoms in total. The van der Waals surface area contributed by atoms with E-state index in [0.717, 1.165) is 37.5 Å². The summed E-state index contributed by atoms with van der Waals surface area (Å²) in [5, 5.41) is 10.9. The molecule has 0 bridgehead atoms. The van der Waals surface area contributed by atoms with Crippen LogP contribution in [0.4, 0.5) is 0 Å². The molecule has 2 saturated carbocycles. The summed E-state index contributed by atoms with van der Waals surface area (Å²) < 4.78 is 4.78. The standard InChI is InChI=1S/C27H40O3/c1-6-27(29)16-15-25(3)19(17-27)8-9-20-22-11-10-21(18(2)7-12-24(28)30-5)26(22,4)14-13-23(20)25/h7-8,10,12,18,20,22-23,29H,6,9,11,13-17H2,1-5H3/b12-7+/t18-,20+,22+,23+,25+,26-,27+/m1/s1. The van der Waals surface area contributed by atoms with Gasteiger partial charge in [-0.05, 0) is 85.9 Å². The van der Waals surface area contributed by atoms with Gasteiger partial charge in [-0.3, -0.25) is 0 Å². The Bertz CT molecular complexity index is 792. The van der Waals surface area contributed by atoms with Crippen molar-refractivity contribution in [1.29, 1.82) is 0 Å². The van der Waals surface area contributed by atoms with Gasteiger partial charge in [-0.15, -0.1) is 0 Å². The molecule has 0 radical (unpaired) electrons. The molecule has 4 rings (SSSR count). The highest BCUT2D eigenvalue weighted by Crippen LogP contribution is 2.66. The van der Waals surface area contributed by atoms with Gasteiger partial charge in [0.1, 0.15) is 0 Å². The van der Waals surface area contributed by atoms with Crippen LogP contribution in [0.3, 0.4) is 0 Å². The minimum atomic E-state index is -0.481. The van der Waals surface area contributed by atoms with Gasteiger partial charge in [0.2, 0.25) is 0 Å². The highest BCUT2D eigenvalue weighted by atomic mass is 16.5. The van der Waals surface area contributed by atoms with Crippen molar-refractivity contribution in [3.8, 4) is 0 Å². The first-order valence-corrected chi connectivity index (χ1v) is 12.1. The Labute approximate surface area is 182 Å². The Kier molecular flexibility index (Phi) is 5.58. The summed E-state index contributed by atoms with van der Waals surface area (Å²) in [4.78, 5) is 11.6. The van der Waals surface area contributed by atoms with Gasteiger partial charge in [-0.25, -0.2) is 4.79 Å². The second-order valence-corrected chi connectivity index (χ2v) is 11.0. The van der Waals surface area contributed by atoms with Crippen molar-refractivity contribution in [2.45, 2.75) is 84.7 Å². The van der Waals surface area contributed by atoms with E-state index < -0.39 is 5.60 Å². The highest BCUT2D eigenvalue weighted by Gasteiger charge is 2.57. The third-order valence-electron chi connectivity index (χ3n) is 9.77. The number of hydrogen-bond acceptors (Lipinski definition) is 3. The number of aliphatic hydroxyl groups is 1. The lowest BCUT2D eigenvalue weighted by Gasteiger charge is -2.59. The van der Waals surface area contributed by atoms with Crippen molar-refractivity contribution in [3.05, 3.63) is 35.5 Å². The molecule has 0 spiro atoms. The van der Waals surface area contributed by atoms with E-state index in [1.165, 1.54) is 38.4 Å². The summed E-state index contributed by atoms with van der Waals surface area (Å²) in [6.07, 6.45) is 17.3.